The Balaban J connectivity index is 1.54. The molecule has 3 rings (SSSR count). The van der Waals surface area contributed by atoms with Gasteiger partial charge in [0.05, 0.1) is 13.2 Å². The van der Waals surface area contributed by atoms with Crippen molar-refractivity contribution < 1.29 is 27.8 Å². The maximum Gasteiger partial charge on any atom is 0.247 e. The SMILES string of the molecule is CCC(=O)c1cc(F)c(OCC2CN(C(=O)C=CSc3ccccc3)CCO2)c(F)c1. The fourth-order valence-electron chi connectivity index (χ4n) is 3.03. The average Bonchev–Trinajstić information content (AvgIpc) is 2.78. The number of hydrogen-bond acceptors (Lipinski definition) is 5. The maximum absolute atomic E-state index is 14.2. The van der Waals surface area contributed by atoms with Crippen LogP contribution in [0.2, 0.25) is 0 Å². The van der Waals surface area contributed by atoms with Gasteiger partial charge in [0, 0.05) is 29.5 Å². The highest BCUT2D eigenvalue weighted by Crippen LogP contribution is 2.25. The van der Waals surface area contributed by atoms with Crippen molar-refractivity contribution in [1.29, 1.82) is 0 Å². The van der Waals surface area contributed by atoms with Crippen LogP contribution < -0.4 is 4.74 Å². The highest BCUT2D eigenvalue weighted by atomic mass is 32.2. The number of hydrogen-bond donors (Lipinski definition) is 0. The molecule has 1 unspecified atom stereocenters. The van der Waals surface area contributed by atoms with Gasteiger partial charge in [-0.15, -0.1) is 0 Å². The van der Waals surface area contributed by atoms with E-state index in [4.69, 9.17) is 9.47 Å². The second kappa shape index (κ2) is 11.1. The van der Waals surface area contributed by atoms with E-state index in [0.717, 1.165) is 17.0 Å². The summed E-state index contributed by atoms with van der Waals surface area (Å²) in [6.45, 7) is 2.46. The Hall–Kier alpha value is -2.71. The van der Waals surface area contributed by atoms with Gasteiger partial charge in [0.25, 0.3) is 0 Å². The van der Waals surface area contributed by atoms with Crippen molar-refractivity contribution in [2.75, 3.05) is 26.3 Å². The van der Waals surface area contributed by atoms with Crippen molar-refractivity contribution in [3.63, 3.8) is 0 Å². The fourth-order valence-corrected chi connectivity index (χ4v) is 3.69. The van der Waals surface area contributed by atoms with Crippen molar-refractivity contribution in [2.45, 2.75) is 24.3 Å². The number of nitrogens with zero attached hydrogens (tertiary/aromatic N) is 1. The summed E-state index contributed by atoms with van der Waals surface area (Å²) in [5.41, 5.74) is -0.0318. The number of carbonyl (C=O) groups is 2. The first-order valence-electron chi connectivity index (χ1n) is 9.91. The molecule has 2 aromatic rings. The Labute approximate surface area is 184 Å². The van der Waals surface area contributed by atoms with E-state index >= 15 is 0 Å². The number of ether oxygens (including phenoxy) is 2. The number of ketones is 1. The summed E-state index contributed by atoms with van der Waals surface area (Å²) < 4.78 is 39.3. The second-order valence-corrected chi connectivity index (χ2v) is 7.85. The zero-order chi connectivity index (χ0) is 22.2. The quantitative estimate of drug-likeness (QED) is 0.340. The minimum absolute atomic E-state index is 0.0318. The first kappa shape index (κ1) is 23.0. The molecule has 0 saturated carbocycles. The van der Waals surface area contributed by atoms with E-state index in [0.29, 0.717) is 13.2 Å². The molecule has 0 spiro atoms. The lowest BCUT2D eigenvalue weighted by Gasteiger charge is -2.32. The van der Waals surface area contributed by atoms with Crippen molar-refractivity contribution in [2.24, 2.45) is 0 Å². The Morgan fingerprint density at radius 3 is 2.61 bits per heavy atom. The van der Waals surface area contributed by atoms with Crippen molar-refractivity contribution in [1.82, 2.24) is 4.90 Å². The summed E-state index contributed by atoms with van der Waals surface area (Å²) in [6.07, 6.45) is 1.12. The molecule has 164 valence electrons. The predicted octanol–water partition coefficient (Wildman–Crippen LogP) is 4.47. The minimum atomic E-state index is -0.943. The smallest absolute Gasteiger partial charge is 0.247 e. The van der Waals surface area contributed by atoms with Crippen LogP contribution in [-0.2, 0) is 9.53 Å². The monoisotopic (exact) mass is 447 g/mol. The lowest BCUT2D eigenvalue weighted by atomic mass is 10.1. The summed E-state index contributed by atoms with van der Waals surface area (Å²) in [7, 11) is 0. The van der Waals surface area contributed by atoms with Crippen LogP contribution in [-0.4, -0.2) is 49.0 Å². The van der Waals surface area contributed by atoms with Gasteiger partial charge >= 0.3 is 0 Å². The molecule has 5 nitrogen and oxygen atoms in total. The third-order valence-electron chi connectivity index (χ3n) is 4.66. The molecule has 2 aromatic carbocycles. The van der Waals surface area contributed by atoms with E-state index in [9.17, 15) is 18.4 Å². The molecule has 0 aliphatic carbocycles. The number of amides is 1. The van der Waals surface area contributed by atoms with Crippen molar-refractivity contribution in [3.05, 3.63) is 71.1 Å². The van der Waals surface area contributed by atoms with Crippen LogP contribution in [0.15, 0.2) is 58.8 Å². The van der Waals surface area contributed by atoms with Crippen LogP contribution in [0.3, 0.4) is 0 Å². The van der Waals surface area contributed by atoms with E-state index in [1.165, 1.54) is 17.8 Å². The van der Waals surface area contributed by atoms with Crippen LogP contribution >= 0.6 is 11.8 Å². The fraction of sp³-hybridized carbons (Fsp3) is 0.304. The van der Waals surface area contributed by atoms with Crippen LogP contribution in [0, 0.1) is 11.6 Å². The second-order valence-electron chi connectivity index (χ2n) is 6.87. The Morgan fingerprint density at radius 2 is 1.94 bits per heavy atom. The molecule has 1 heterocycles. The summed E-state index contributed by atoms with van der Waals surface area (Å²) >= 11 is 1.44. The maximum atomic E-state index is 14.2. The molecule has 0 aromatic heterocycles. The molecule has 1 atom stereocenters. The lowest BCUT2D eigenvalue weighted by molar-refractivity contribution is -0.134. The molecular weight excluding hydrogens is 424 g/mol. The first-order valence-corrected chi connectivity index (χ1v) is 10.8. The Morgan fingerprint density at radius 1 is 1.23 bits per heavy atom. The number of carbonyl (C=O) groups excluding carboxylic acids is 2. The van der Waals surface area contributed by atoms with E-state index in [1.807, 2.05) is 30.3 Å². The number of morpholine rings is 1. The van der Waals surface area contributed by atoms with Gasteiger partial charge in [-0.3, -0.25) is 9.59 Å². The summed E-state index contributed by atoms with van der Waals surface area (Å²) in [5, 5.41) is 1.72. The number of Topliss-reactive ketones (excluding diaryl/α,β-unsaturated/α-hetero) is 1. The van der Waals surface area contributed by atoms with Gasteiger partial charge in [-0.05, 0) is 29.7 Å². The van der Waals surface area contributed by atoms with E-state index in [2.05, 4.69) is 0 Å². The molecule has 1 saturated heterocycles. The van der Waals surface area contributed by atoms with Gasteiger partial charge in [-0.1, -0.05) is 36.9 Å². The summed E-state index contributed by atoms with van der Waals surface area (Å²) in [6, 6.07) is 11.6. The minimum Gasteiger partial charge on any atom is -0.485 e. The van der Waals surface area contributed by atoms with Gasteiger partial charge in [-0.25, -0.2) is 8.78 Å². The Bertz CT molecular complexity index is 929. The third kappa shape index (κ3) is 6.38. The lowest BCUT2D eigenvalue weighted by Crippen LogP contribution is -2.47. The van der Waals surface area contributed by atoms with Gasteiger partial charge < -0.3 is 14.4 Å². The van der Waals surface area contributed by atoms with E-state index in [1.54, 1.807) is 17.2 Å². The van der Waals surface area contributed by atoms with Gasteiger partial charge in [-0.2, -0.15) is 0 Å². The molecule has 8 heteroatoms. The van der Waals surface area contributed by atoms with Crippen LogP contribution in [0.5, 0.6) is 5.75 Å². The molecule has 0 radical (unpaired) electrons. The van der Waals surface area contributed by atoms with Gasteiger partial charge in [0.1, 0.15) is 12.7 Å². The highest BCUT2D eigenvalue weighted by Gasteiger charge is 2.25. The normalized spacial score (nSPS) is 16.5. The molecule has 31 heavy (non-hydrogen) atoms. The largest absolute Gasteiger partial charge is 0.485 e. The molecule has 1 aliphatic heterocycles. The zero-order valence-electron chi connectivity index (χ0n) is 17.1. The predicted molar refractivity (Wildman–Crippen MR) is 114 cm³/mol. The van der Waals surface area contributed by atoms with Gasteiger partial charge in [0.2, 0.25) is 5.91 Å². The molecule has 1 fully saturated rings. The summed E-state index contributed by atoms with van der Waals surface area (Å²) in [4.78, 5) is 26.7. The van der Waals surface area contributed by atoms with Crippen LogP contribution in [0.4, 0.5) is 8.78 Å². The van der Waals surface area contributed by atoms with E-state index < -0.39 is 23.5 Å². The number of rotatable bonds is 8. The molecule has 0 bridgehead atoms. The molecule has 0 N–H and O–H groups in total. The first-order chi connectivity index (χ1) is 15.0. The standard InChI is InChI=1S/C23H23F2NO4S/c1-2-21(27)16-12-19(24)23(20(25)13-16)30-15-17-14-26(9-10-29-17)22(28)8-11-31-18-6-4-3-5-7-18/h3-8,11-13,17H,2,9-10,14-15H2,1H3. The number of benzene rings is 2. The topological polar surface area (TPSA) is 55.8 Å². The Kier molecular flexibility index (Phi) is 8.20. The average molecular weight is 448 g/mol. The van der Waals surface area contributed by atoms with E-state index in [-0.39, 0.29) is 36.8 Å². The molecular formula is C23H23F2NO4S. The zero-order valence-corrected chi connectivity index (χ0v) is 17.9. The molecule has 1 aliphatic rings. The van der Waals surface area contributed by atoms with Crippen LogP contribution in [0.25, 0.3) is 0 Å². The number of halogens is 2. The highest BCUT2D eigenvalue weighted by molar-refractivity contribution is 8.02. The third-order valence-corrected chi connectivity index (χ3v) is 5.48. The summed E-state index contributed by atoms with van der Waals surface area (Å²) in [5.74, 6) is -2.97. The van der Waals surface area contributed by atoms with Crippen LogP contribution in [0.1, 0.15) is 23.7 Å². The van der Waals surface area contributed by atoms with Gasteiger partial charge in [0.15, 0.2) is 23.2 Å². The number of thioether (sulfide) groups is 1. The molecule has 1 amide bonds. The van der Waals surface area contributed by atoms with Crippen molar-refractivity contribution >= 4 is 23.5 Å². The van der Waals surface area contributed by atoms with Crippen molar-refractivity contribution in [3.8, 4) is 5.75 Å².